The Kier molecular flexibility index (Phi) is 1.64. The van der Waals surface area contributed by atoms with Crippen LogP contribution in [0.15, 0.2) is 0 Å². The van der Waals surface area contributed by atoms with Crippen molar-refractivity contribution in [2.24, 2.45) is 0 Å². The maximum atomic E-state index is 5.57. The Morgan fingerprint density at radius 2 is 2.50 bits per heavy atom. The predicted molar refractivity (Wildman–Crippen MR) is 41.1 cm³/mol. The summed E-state index contributed by atoms with van der Waals surface area (Å²) in [6, 6.07) is 0.596. The highest BCUT2D eigenvalue weighted by atomic mass is 16.5. The zero-order valence-electron chi connectivity index (χ0n) is 6.34. The van der Waals surface area contributed by atoms with Gasteiger partial charge in [0.15, 0.2) is 0 Å². The van der Waals surface area contributed by atoms with Crippen molar-refractivity contribution in [3.63, 3.8) is 0 Å². The molecule has 2 aliphatic rings. The van der Waals surface area contributed by atoms with Crippen LogP contribution in [0.5, 0.6) is 0 Å². The van der Waals surface area contributed by atoms with Crippen LogP contribution in [0.4, 0.5) is 0 Å². The Balaban J connectivity index is 0.000000605. The van der Waals surface area contributed by atoms with Crippen LogP contribution < -0.4 is 5.32 Å². The molecule has 2 heterocycles. The van der Waals surface area contributed by atoms with Gasteiger partial charge in [-0.3, -0.25) is 0 Å². The molecule has 3 heteroatoms. The van der Waals surface area contributed by atoms with Crippen molar-refractivity contribution in [1.82, 2.24) is 10.2 Å². The molecule has 2 atom stereocenters. The van der Waals surface area contributed by atoms with E-state index in [0.29, 0.717) is 12.1 Å². The van der Waals surface area contributed by atoms with Crippen LogP contribution in [0.3, 0.4) is 0 Å². The van der Waals surface area contributed by atoms with E-state index in [0.717, 1.165) is 26.2 Å². The zero-order chi connectivity index (χ0) is 6.97. The number of fused-ring (bicyclic) bond motifs is 1. The minimum Gasteiger partial charge on any atom is -0.374 e. The van der Waals surface area contributed by atoms with Crippen LogP contribution in [-0.4, -0.2) is 50.3 Å². The highest BCUT2D eigenvalue weighted by Gasteiger charge is 2.33. The normalized spacial score (nSPS) is 41.7. The lowest BCUT2D eigenvalue weighted by Gasteiger charge is -2.25. The lowest BCUT2D eigenvalue weighted by molar-refractivity contribution is 0.0184. The number of rotatable bonds is 0. The van der Waals surface area contributed by atoms with Crippen molar-refractivity contribution in [3.05, 3.63) is 0 Å². The summed E-state index contributed by atoms with van der Waals surface area (Å²) >= 11 is 0. The SMILES string of the molecule is CN1CC2NCCOC2C1.[HH]. The van der Waals surface area contributed by atoms with E-state index in [2.05, 4.69) is 17.3 Å². The van der Waals surface area contributed by atoms with Gasteiger partial charge in [0, 0.05) is 27.1 Å². The van der Waals surface area contributed by atoms with Gasteiger partial charge >= 0.3 is 0 Å². The number of nitrogens with one attached hydrogen (secondary N) is 1. The summed E-state index contributed by atoms with van der Waals surface area (Å²) < 4.78 is 5.57. The summed E-state index contributed by atoms with van der Waals surface area (Å²) in [7, 11) is 2.14. The van der Waals surface area contributed by atoms with E-state index in [9.17, 15) is 0 Å². The molecule has 0 aromatic carbocycles. The highest BCUT2D eigenvalue weighted by Crippen LogP contribution is 2.13. The monoisotopic (exact) mass is 144 g/mol. The van der Waals surface area contributed by atoms with Gasteiger partial charge in [0.1, 0.15) is 0 Å². The molecule has 0 bridgehead atoms. The molecule has 0 aromatic heterocycles. The summed E-state index contributed by atoms with van der Waals surface area (Å²) in [5, 5.41) is 3.44. The second kappa shape index (κ2) is 2.49. The average Bonchev–Trinajstić information content (AvgIpc) is 2.27. The fourth-order valence-electron chi connectivity index (χ4n) is 1.78. The van der Waals surface area contributed by atoms with Crippen LogP contribution >= 0.6 is 0 Å². The first-order chi connectivity index (χ1) is 4.86. The van der Waals surface area contributed by atoms with Gasteiger partial charge in [-0.15, -0.1) is 0 Å². The molecule has 2 fully saturated rings. The average molecular weight is 144 g/mol. The van der Waals surface area contributed by atoms with Crippen LogP contribution in [0.25, 0.3) is 0 Å². The molecule has 0 aromatic rings. The molecule has 2 rings (SSSR count). The van der Waals surface area contributed by atoms with Crippen LogP contribution in [-0.2, 0) is 4.74 Å². The molecule has 1 N–H and O–H groups in total. The molecule has 2 saturated heterocycles. The van der Waals surface area contributed by atoms with E-state index in [-0.39, 0.29) is 1.43 Å². The molecule has 0 amide bonds. The predicted octanol–water partition coefficient (Wildman–Crippen LogP) is -0.465. The Bertz CT molecular complexity index is 120. The van der Waals surface area contributed by atoms with Crippen molar-refractivity contribution in [1.29, 1.82) is 0 Å². The van der Waals surface area contributed by atoms with E-state index in [1.807, 2.05) is 0 Å². The first kappa shape index (κ1) is 6.58. The number of hydrogen-bond donors (Lipinski definition) is 1. The lowest BCUT2D eigenvalue weighted by Crippen LogP contribution is -2.47. The molecule has 0 radical (unpaired) electrons. The topological polar surface area (TPSA) is 24.5 Å². The van der Waals surface area contributed by atoms with Crippen LogP contribution in [0.2, 0.25) is 0 Å². The molecule has 10 heavy (non-hydrogen) atoms. The Hall–Kier alpha value is -0.120. The minimum absolute atomic E-state index is 0. The van der Waals surface area contributed by atoms with Crippen molar-refractivity contribution in [2.45, 2.75) is 12.1 Å². The van der Waals surface area contributed by atoms with Gasteiger partial charge in [0.2, 0.25) is 0 Å². The second-order valence-corrected chi connectivity index (χ2v) is 3.19. The van der Waals surface area contributed by atoms with Gasteiger partial charge < -0.3 is 15.0 Å². The molecule has 0 aliphatic carbocycles. The summed E-state index contributed by atoms with van der Waals surface area (Å²) in [5.74, 6) is 0. The Labute approximate surface area is 62.8 Å². The van der Waals surface area contributed by atoms with Crippen molar-refractivity contribution in [2.75, 3.05) is 33.3 Å². The maximum Gasteiger partial charge on any atom is 0.0867 e. The number of likely N-dealkylation sites (N-methyl/N-ethyl adjacent to an activating group) is 1. The highest BCUT2D eigenvalue weighted by molar-refractivity contribution is 4.90. The molecular weight excluding hydrogens is 128 g/mol. The molecule has 60 valence electrons. The van der Waals surface area contributed by atoms with E-state index < -0.39 is 0 Å². The Morgan fingerprint density at radius 3 is 3.30 bits per heavy atom. The van der Waals surface area contributed by atoms with E-state index in [1.54, 1.807) is 0 Å². The maximum absolute atomic E-state index is 5.57. The third-order valence-electron chi connectivity index (χ3n) is 2.29. The van der Waals surface area contributed by atoms with Crippen LogP contribution in [0, 0.1) is 0 Å². The second-order valence-electron chi connectivity index (χ2n) is 3.19. The van der Waals surface area contributed by atoms with E-state index in [1.165, 1.54) is 0 Å². The molecule has 0 saturated carbocycles. The summed E-state index contributed by atoms with van der Waals surface area (Å²) in [5.41, 5.74) is 0. The Morgan fingerprint density at radius 1 is 1.60 bits per heavy atom. The van der Waals surface area contributed by atoms with Gasteiger partial charge in [-0.05, 0) is 7.05 Å². The summed E-state index contributed by atoms with van der Waals surface area (Å²) in [6.07, 6.45) is 0.457. The summed E-state index contributed by atoms with van der Waals surface area (Å²) in [6.45, 7) is 4.15. The fourth-order valence-corrected chi connectivity index (χ4v) is 1.78. The van der Waals surface area contributed by atoms with Crippen molar-refractivity contribution >= 4 is 0 Å². The minimum atomic E-state index is 0. The van der Waals surface area contributed by atoms with Gasteiger partial charge in [-0.25, -0.2) is 0 Å². The number of ether oxygens (including phenoxy) is 1. The van der Waals surface area contributed by atoms with E-state index >= 15 is 0 Å². The summed E-state index contributed by atoms with van der Waals surface area (Å²) in [4.78, 5) is 2.31. The molecule has 3 nitrogen and oxygen atoms in total. The first-order valence-corrected chi connectivity index (χ1v) is 3.90. The number of likely N-dealkylation sites (tertiary alicyclic amines) is 1. The largest absolute Gasteiger partial charge is 0.374 e. The zero-order valence-corrected chi connectivity index (χ0v) is 6.34. The van der Waals surface area contributed by atoms with Crippen molar-refractivity contribution in [3.8, 4) is 0 Å². The van der Waals surface area contributed by atoms with Crippen LogP contribution in [0.1, 0.15) is 1.43 Å². The van der Waals surface area contributed by atoms with Gasteiger partial charge in [-0.1, -0.05) is 0 Å². The van der Waals surface area contributed by atoms with Gasteiger partial charge in [0.25, 0.3) is 0 Å². The standard InChI is InChI=1S/C7H14N2O.H2/c1-9-4-6-7(5-9)10-3-2-8-6;/h6-8H,2-5H2,1H3;1H. The third-order valence-corrected chi connectivity index (χ3v) is 2.29. The lowest BCUT2D eigenvalue weighted by atomic mass is 10.2. The molecule has 2 aliphatic heterocycles. The molecule has 0 spiro atoms. The van der Waals surface area contributed by atoms with E-state index in [4.69, 9.17) is 4.74 Å². The molecular formula is C7H16N2O. The number of morpholine rings is 1. The van der Waals surface area contributed by atoms with Crippen molar-refractivity contribution < 1.29 is 6.16 Å². The number of nitrogens with zero attached hydrogens (tertiary/aromatic N) is 1. The van der Waals surface area contributed by atoms with Gasteiger partial charge in [-0.2, -0.15) is 0 Å². The third kappa shape index (κ3) is 1.05. The smallest absolute Gasteiger partial charge is 0.0867 e. The quantitative estimate of drug-likeness (QED) is 0.497. The fraction of sp³-hybridized carbons (Fsp3) is 1.00. The number of hydrogen-bond acceptors (Lipinski definition) is 3. The first-order valence-electron chi connectivity index (χ1n) is 3.90. The van der Waals surface area contributed by atoms with Gasteiger partial charge in [0.05, 0.1) is 12.7 Å². The molecule has 2 unspecified atom stereocenters.